The Morgan fingerprint density at radius 3 is 2.46 bits per heavy atom. The number of nitrogens with one attached hydrogen (secondary N) is 1. The molecule has 0 saturated heterocycles. The van der Waals surface area contributed by atoms with E-state index in [0.29, 0.717) is 12.2 Å². The minimum absolute atomic E-state index is 0.109. The molecule has 1 amide bonds. The SMILES string of the molecule is CCCCCCNC(=O)c1cc(-c2ccccc2)nn1-c1ccc(OC)cc1. The van der Waals surface area contributed by atoms with Gasteiger partial charge in [0.1, 0.15) is 11.4 Å². The fraction of sp³-hybridized carbons (Fsp3) is 0.304. The van der Waals surface area contributed by atoms with Gasteiger partial charge < -0.3 is 10.1 Å². The fourth-order valence-corrected chi connectivity index (χ4v) is 3.06. The molecule has 0 spiro atoms. The molecule has 0 aliphatic heterocycles. The summed E-state index contributed by atoms with van der Waals surface area (Å²) < 4.78 is 6.93. The number of hydrogen-bond acceptors (Lipinski definition) is 3. The highest BCUT2D eigenvalue weighted by atomic mass is 16.5. The molecule has 3 aromatic rings. The molecule has 0 saturated carbocycles. The zero-order valence-corrected chi connectivity index (χ0v) is 16.5. The number of benzene rings is 2. The van der Waals surface area contributed by atoms with Crippen LogP contribution in [0.3, 0.4) is 0 Å². The van der Waals surface area contributed by atoms with E-state index in [9.17, 15) is 4.79 Å². The summed E-state index contributed by atoms with van der Waals surface area (Å²) in [6, 6.07) is 19.3. The number of carbonyl (C=O) groups excluding carboxylic acids is 1. The van der Waals surface area contributed by atoms with Crippen molar-refractivity contribution in [1.29, 1.82) is 0 Å². The minimum atomic E-state index is -0.109. The highest BCUT2D eigenvalue weighted by Crippen LogP contribution is 2.23. The van der Waals surface area contributed by atoms with Crippen molar-refractivity contribution >= 4 is 5.91 Å². The Bertz CT molecular complexity index is 886. The third-order valence-electron chi connectivity index (χ3n) is 4.64. The molecule has 5 heteroatoms. The summed E-state index contributed by atoms with van der Waals surface area (Å²) in [6.07, 6.45) is 4.49. The van der Waals surface area contributed by atoms with E-state index in [1.807, 2.05) is 60.7 Å². The van der Waals surface area contributed by atoms with E-state index < -0.39 is 0 Å². The van der Waals surface area contributed by atoms with Crippen LogP contribution in [-0.4, -0.2) is 29.3 Å². The van der Waals surface area contributed by atoms with Crippen LogP contribution >= 0.6 is 0 Å². The number of ether oxygens (including phenoxy) is 1. The van der Waals surface area contributed by atoms with Crippen molar-refractivity contribution < 1.29 is 9.53 Å². The number of methoxy groups -OCH3 is 1. The number of amides is 1. The van der Waals surface area contributed by atoms with Gasteiger partial charge in [-0.15, -0.1) is 0 Å². The van der Waals surface area contributed by atoms with E-state index in [-0.39, 0.29) is 5.91 Å². The molecule has 1 N–H and O–H groups in total. The molecule has 0 radical (unpaired) electrons. The summed E-state index contributed by atoms with van der Waals surface area (Å²) in [5.74, 6) is 0.656. The number of rotatable bonds is 9. The Morgan fingerprint density at radius 1 is 1.04 bits per heavy atom. The molecule has 0 aliphatic rings. The summed E-state index contributed by atoms with van der Waals surface area (Å²) in [7, 11) is 1.63. The number of carbonyl (C=O) groups is 1. The van der Waals surface area contributed by atoms with Crippen molar-refractivity contribution in [2.75, 3.05) is 13.7 Å². The van der Waals surface area contributed by atoms with E-state index in [2.05, 4.69) is 12.2 Å². The van der Waals surface area contributed by atoms with Crippen molar-refractivity contribution in [3.63, 3.8) is 0 Å². The van der Waals surface area contributed by atoms with Crippen molar-refractivity contribution in [1.82, 2.24) is 15.1 Å². The van der Waals surface area contributed by atoms with Gasteiger partial charge in [-0.3, -0.25) is 4.79 Å². The van der Waals surface area contributed by atoms with Crippen LogP contribution < -0.4 is 10.1 Å². The van der Waals surface area contributed by atoms with Gasteiger partial charge in [0, 0.05) is 12.1 Å². The molecule has 146 valence electrons. The maximum atomic E-state index is 12.8. The molecule has 1 aromatic heterocycles. The Balaban J connectivity index is 1.87. The topological polar surface area (TPSA) is 56.2 Å². The number of aromatic nitrogens is 2. The van der Waals surface area contributed by atoms with Crippen LogP contribution in [0.2, 0.25) is 0 Å². The molecule has 0 fully saturated rings. The standard InChI is InChI=1S/C23H27N3O2/c1-3-4-5-9-16-24-23(27)22-17-21(18-10-7-6-8-11-18)25-26(22)19-12-14-20(28-2)15-13-19/h6-8,10-15,17H,3-5,9,16H2,1-2H3,(H,24,27). The molecule has 1 heterocycles. The Labute approximate surface area is 166 Å². The summed E-state index contributed by atoms with van der Waals surface area (Å²) >= 11 is 0. The molecule has 5 nitrogen and oxygen atoms in total. The summed E-state index contributed by atoms with van der Waals surface area (Å²) in [5.41, 5.74) is 3.10. The van der Waals surface area contributed by atoms with E-state index >= 15 is 0 Å². The molecular weight excluding hydrogens is 350 g/mol. The molecule has 0 atom stereocenters. The van der Waals surface area contributed by atoms with Crippen LogP contribution in [0.1, 0.15) is 43.1 Å². The molecule has 28 heavy (non-hydrogen) atoms. The predicted molar refractivity (Wildman–Crippen MR) is 112 cm³/mol. The van der Waals surface area contributed by atoms with Crippen LogP contribution in [0.5, 0.6) is 5.75 Å². The Kier molecular flexibility index (Phi) is 6.84. The van der Waals surface area contributed by atoms with Gasteiger partial charge in [0.05, 0.1) is 18.5 Å². The Hall–Kier alpha value is -3.08. The maximum Gasteiger partial charge on any atom is 0.270 e. The number of unbranched alkanes of at least 4 members (excludes halogenated alkanes) is 3. The van der Waals surface area contributed by atoms with E-state index in [1.54, 1.807) is 11.8 Å². The highest BCUT2D eigenvalue weighted by molar-refractivity contribution is 5.94. The third-order valence-corrected chi connectivity index (χ3v) is 4.64. The smallest absolute Gasteiger partial charge is 0.270 e. The third kappa shape index (κ3) is 4.80. The van der Waals surface area contributed by atoms with Crippen LogP contribution in [0, 0.1) is 0 Å². The van der Waals surface area contributed by atoms with E-state index in [4.69, 9.17) is 9.84 Å². The zero-order valence-electron chi connectivity index (χ0n) is 16.5. The van der Waals surface area contributed by atoms with Crippen LogP contribution in [0.25, 0.3) is 16.9 Å². The monoisotopic (exact) mass is 377 g/mol. The lowest BCUT2D eigenvalue weighted by Crippen LogP contribution is -2.26. The summed E-state index contributed by atoms with van der Waals surface area (Å²) in [5, 5.41) is 7.73. The van der Waals surface area contributed by atoms with E-state index in [1.165, 1.54) is 12.8 Å². The lowest BCUT2D eigenvalue weighted by Gasteiger charge is -2.09. The maximum absolute atomic E-state index is 12.8. The summed E-state index contributed by atoms with van der Waals surface area (Å²) in [4.78, 5) is 12.8. The van der Waals surface area contributed by atoms with Crippen molar-refractivity contribution in [2.45, 2.75) is 32.6 Å². The van der Waals surface area contributed by atoms with Crippen LogP contribution in [-0.2, 0) is 0 Å². The first-order valence-corrected chi connectivity index (χ1v) is 9.81. The molecular formula is C23H27N3O2. The first-order valence-electron chi connectivity index (χ1n) is 9.81. The van der Waals surface area contributed by atoms with Gasteiger partial charge in [-0.05, 0) is 36.8 Å². The van der Waals surface area contributed by atoms with Gasteiger partial charge in [-0.25, -0.2) is 4.68 Å². The van der Waals surface area contributed by atoms with Crippen molar-refractivity contribution in [3.05, 3.63) is 66.4 Å². The zero-order chi connectivity index (χ0) is 19.8. The van der Waals surface area contributed by atoms with Gasteiger partial charge in [0.15, 0.2) is 0 Å². The average Bonchev–Trinajstić information content (AvgIpc) is 3.20. The first kappa shape index (κ1) is 19.7. The van der Waals surface area contributed by atoms with Gasteiger partial charge in [0.2, 0.25) is 0 Å². The molecule has 0 unspecified atom stereocenters. The Morgan fingerprint density at radius 2 is 1.79 bits per heavy atom. The second-order valence-corrected chi connectivity index (χ2v) is 6.71. The summed E-state index contributed by atoms with van der Waals surface area (Å²) in [6.45, 7) is 2.85. The van der Waals surface area contributed by atoms with E-state index in [0.717, 1.165) is 35.5 Å². The van der Waals surface area contributed by atoms with Gasteiger partial charge >= 0.3 is 0 Å². The number of nitrogens with zero attached hydrogens (tertiary/aromatic N) is 2. The lowest BCUT2D eigenvalue weighted by molar-refractivity contribution is 0.0945. The number of hydrogen-bond donors (Lipinski definition) is 1. The fourth-order valence-electron chi connectivity index (χ4n) is 3.06. The largest absolute Gasteiger partial charge is 0.497 e. The second-order valence-electron chi connectivity index (χ2n) is 6.71. The normalized spacial score (nSPS) is 10.6. The van der Waals surface area contributed by atoms with Crippen molar-refractivity contribution in [2.24, 2.45) is 0 Å². The van der Waals surface area contributed by atoms with Crippen LogP contribution in [0.4, 0.5) is 0 Å². The quantitative estimate of drug-likeness (QED) is 0.542. The first-order chi connectivity index (χ1) is 13.7. The lowest BCUT2D eigenvalue weighted by atomic mass is 10.1. The van der Waals surface area contributed by atoms with Gasteiger partial charge in [0.25, 0.3) is 5.91 Å². The van der Waals surface area contributed by atoms with Crippen molar-refractivity contribution in [3.8, 4) is 22.7 Å². The van der Waals surface area contributed by atoms with Gasteiger partial charge in [-0.2, -0.15) is 5.10 Å². The average molecular weight is 377 g/mol. The molecule has 0 aliphatic carbocycles. The second kappa shape index (κ2) is 9.74. The minimum Gasteiger partial charge on any atom is -0.497 e. The predicted octanol–water partition coefficient (Wildman–Crippen LogP) is 4.86. The van der Waals surface area contributed by atoms with Gasteiger partial charge in [-0.1, -0.05) is 56.5 Å². The molecule has 3 rings (SSSR count). The highest BCUT2D eigenvalue weighted by Gasteiger charge is 2.17. The molecule has 2 aromatic carbocycles. The van der Waals surface area contributed by atoms with Crippen LogP contribution in [0.15, 0.2) is 60.7 Å². The molecule has 0 bridgehead atoms.